The van der Waals surface area contributed by atoms with E-state index in [0.29, 0.717) is 13.1 Å². The van der Waals surface area contributed by atoms with Gasteiger partial charge in [-0.15, -0.1) is 0 Å². The van der Waals surface area contributed by atoms with E-state index in [0.717, 1.165) is 42.4 Å². The van der Waals surface area contributed by atoms with Crippen LogP contribution in [0.5, 0.6) is 17.2 Å². The molecule has 2 N–H and O–H groups in total. The number of benzene rings is 2. The highest BCUT2D eigenvalue weighted by Gasteiger charge is 2.22. The van der Waals surface area contributed by atoms with Crippen molar-refractivity contribution in [2.75, 3.05) is 47.0 Å². The first-order chi connectivity index (χ1) is 16.2. The van der Waals surface area contributed by atoms with E-state index in [9.17, 15) is 4.79 Å². The van der Waals surface area contributed by atoms with Crippen molar-refractivity contribution < 1.29 is 38.8 Å². The Labute approximate surface area is 198 Å². The number of aryl methyl sites for hydroxylation is 1. The second-order valence-electron chi connectivity index (χ2n) is 7.55. The number of amides is 1. The number of methoxy groups -OCH3 is 2. The second-order valence-corrected chi connectivity index (χ2v) is 7.55. The first-order valence-corrected chi connectivity index (χ1v) is 10.6. The first-order valence-electron chi connectivity index (χ1n) is 10.6. The first kappa shape index (κ1) is 26.5. The Kier molecular flexibility index (Phi) is 10.2. The van der Waals surface area contributed by atoms with Gasteiger partial charge in [0.25, 0.3) is 5.91 Å². The van der Waals surface area contributed by atoms with Crippen molar-refractivity contribution >= 4 is 17.8 Å². The van der Waals surface area contributed by atoms with Crippen molar-refractivity contribution in [2.45, 2.75) is 13.5 Å². The number of ether oxygens (including phenoxy) is 3. The fourth-order valence-corrected chi connectivity index (χ4v) is 3.25. The summed E-state index contributed by atoms with van der Waals surface area (Å²) in [5.74, 6) is -1.29. The van der Waals surface area contributed by atoms with Crippen LogP contribution in [0.2, 0.25) is 0 Å². The molecule has 34 heavy (non-hydrogen) atoms. The number of piperazine rings is 1. The van der Waals surface area contributed by atoms with E-state index >= 15 is 0 Å². The monoisotopic (exact) mass is 474 g/mol. The van der Waals surface area contributed by atoms with Crippen LogP contribution in [0, 0.1) is 6.92 Å². The molecule has 0 bridgehead atoms. The van der Waals surface area contributed by atoms with Gasteiger partial charge in [0.2, 0.25) is 0 Å². The van der Waals surface area contributed by atoms with Gasteiger partial charge in [-0.05, 0) is 25.1 Å². The summed E-state index contributed by atoms with van der Waals surface area (Å²) in [5.41, 5.74) is 2.29. The van der Waals surface area contributed by atoms with Crippen LogP contribution in [-0.4, -0.2) is 84.9 Å². The van der Waals surface area contributed by atoms with E-state index < -0.39 is 11.9 Å². The second kappa shape index (κ2) is 13.0. The Morgan fingerprint density at radius 3 is 1.97 bits per heavy atom. The number of nitrogens with zero attached hydrogens (tertiary/aromatic N) is 2. The highest BCUT2D eigenvalue weighted by molar-refractivity contribution is 6.27. The van der Waals surface area contributed by atoms with Gasteiger partial charge in [-0.25, -0.2) is 9.59 Å². The molecule has 0 radical (unpaired) electrons. The normalized spacial score (nSPS) is 13.3. The van der Waals surface area contributed by atoms with Gasteiger partial charge in [-0.1, -0.05) is 23.8 Å². The van der Waals surface area contributed by atoms with E-state index in [1.54, 1.807) is 14.2 Å². The lowest BCUT2D eigenvalue weighted by molar-refractivity contribution is -0.159. The summed E-state index contributed by atoms with van der Waals surface area (Å²) in [6, 6.07) is 13.6. The Balaban J connectivity index is 0.000000604. The zero-order valence-electron chi connectivity index (χ0n) is 19.5. The van der Waals surface area contributed by atoms with Crippen LogP contribution >= 0.6 is 0 Å². The molecule has 10 nitrogen and oxygen atoms in total. The molecule has 0 spiro atoms. The quantitative estimate of drug-likeness (QED) is 0.579. The third-order valence-corrected chi connectivity index (χ3v) is 5.18. The SMILES string of the molecule is COc1ccc(CN2CCN(C(=O)COc3ccc(C)cc3)CC2)c(OC)c1.O=C(O)C(=O)O. The molecule has 2 aromatic rings. The number of hydrogen-bond donors (Lipinski definition) is 2. The minimum atomic E-state index is -1.82. The van der Waals surface area contributed by atoms with E-state index in [2.05, 4.69) is 4.90 Å². The van der Waals surface area contributed by atoms with Crippen molar-refractivity contribution in [3.63, 3.8) is 0 Å². The maximum absolute atomic E-state index is 12.4. The lowest BCUT2D eigenvalue weighted by Crippen LogP contribution is -2.49. The van der Waals surface area contributed by atoms with Gasteiger partial charge in [0.05, 0.1) is 14.2 Å². The molecule has 0 aromatic heterocycles. The predicted octanol–water partition coefficient (Wildman–Crippen LogP) is 1.89. The highest BCUT2D eigenvalue weighted by atomic mass is 16.5. The molecule has 184 valence electrons. The average Bonchev–Trinajstić information content (AvgIpc) is 2.84. The number of carboxylic acid groups (broad SMARTS) is 2. The van der Waals surface area contributed by atoms with Crippen LogP contribution in [0.25, 0.3) is 0 Å². The topological polar surface area (TPSA) is 126 Å². The largest absolute Gasteiger partial charge is 0.497 e. The van der Waals surface area contributed by atoms with Crippen LogP contribution < -0.4 is 14.2 Å². The highest BCUT2D eigenvalue weighted by Crippen LogP contribution is 2.26. The Morgan fingerprint density at radius 2 is 1.44 bits per heavy atom. The van der Waals surface area contributed by atoms with Gasteiger partial charge in [0.15, 0.2) is 6.61 Å². The molecule has 1 heterocycles. The van der Waals surface area contributed by atoms with Crippen molar-refractivity contribution in [2.24, 2.45) is 0 Å². The smallest absolute Gasteiger partial charge is 0.414 e. The van der Waals surface area contributed by atoms with E-state index in [4.69, 9.17) is 34.0 Å². The molecule has 1 aliphatic rings. The fraction of sp³-hybridized carbons (Fsp3) is 0.375. The van der Waals surface area contributed by atoms with Gasteiger partial charge in [0.1, 0.15) is 17.2 Å². The molecule has 2 aromatic carbocycles. The standard InChI is InChI=1S/C22H28N2O4.C2H2O4/c1-17-4-7-19(8-5-17)28-16-22(25)24-12-10-23(11-13-24)15-18-6-9-20(26-2)14-21(18)27-3;3-1(4)2(5)6/h4-9,14H,10-13,15-16H2,1-3H3;(H,3,4)(H,5,6). The number of carbonyl (C=O) groups is 3. The third kappa shape index (κ3) is 8.28. The molecule has 10 heteroatoms. The van der Waals surface area contributed by atoms with Crippen LogP contribution in [0.3, 0.4) is 0 Å². The van der Waals surface area contributed by atoms with Crippen molar-refractivity contribution in [3.8, 4) is 17.2 Å². The number of hydrogen-bond acceptors (Lipinski definition) is 7. The zero-order valence-corrected chi connectivity index (χ0v) is 19.5. The van der Waals surface area contributed by atoms with Crippen molar-refractivity contribution in [3.05, 3.63) is 53.6 Å². The summed E-state index contributed by atoms with van der Waals surface area (Å²) in [5, 5.41) is 14.8. The maximum Gasteiger partial charge on any atom is 0.414 e. The number of carboxylic acids is 2. The summed E-state index contributed by atoms with van der Waals surface area (Å²) in [6.45, 7) is 5.94. The van der Waals surface area contributed by atoms with Crippen molar-refractivity contribution in [1.29, 1.82) is 0 Å². The van der Waals surface area contributed by atoms with Gasteiger partial charge >= 0.3 is 11.9 Å². The lowest BCUT2D eigenvalue weighted by Gasteiger charge is -2.34. The summed E-state index contributed by atoms with van der Waals surface area (Å²) in [6.07, 6.45) is 0. The third-order valence-electron chi connectivity index (χ3n) is 5.18. The summed E-state index contributed by atoms with van der Waals surface area (Å²) in [7, 11) is 3.32. The number of rotatable bonds is 7. The van der Waals surface area contributed by atoms with E-state index in [-0.39, 0.29) is 12.5 Å². The number of aliphatic carboxylic acids is 2. The fourth-order valence-electron chi connectivity index (χ4n) is 3.25. The number of carbonyl (C=O) groups excluding carboxylic acids is 1. The summed E-state index contributed by atoms with van der Waals surface area (Å²) < 4.78 is 16.4. The molecule has 1 aliphatic heterocycles. The summed E-state index contributed by atoms with van der Waals surface area (Å²) in [4.78, 5) is 34.8. The Bertz CT molecular complexity index is 957. The molecule has 0 aliphatic carbocycles. The molecule has 1 amide bonds. The minimum Gasteiger partial charge on any atom is -0.497 e. The average molecular weight is 475 g/mol. The molecular formula is C24H30N2O8. The lowest BCUT2D eigenvalue weighted by atomic mass is 10.1. The van der Waals surface area contributed by atoms with Crippen LogP contribution in [-0.2, 0) is 20.9 Å². The Morgan fingerprint density at radius 1 is 0.853 bits per heavy atom. The summed E-state index contributed by atoms with van der Waals surface area (Å²) >= 11 is 0. The molecule has 0 unspecified atom stereocenters. The van der Waals surface area contributed by atoms with Gasteiger partial charge in [-0.3, -0.25) is 9.69 Å². The molecule has 0 saturated carbocycles. The maximum atomic E-state index is 12.4. The van der Waals surface area contributed by atoms with Gasteiger partial charge < -0.3 is 29.3 Å². The molecule has 1 fully saturated rings. The van der Waals surface area contributed by atoms with Crippen LogP contribution in [0.15, 0.2) is 42.5 Å². The van der Waals surface area contributed by atoms with Gasteiger partial charge in [-0.2, -0.15) is 0 Å². The van der Waals surface area contributed by atoms with Gasteiger partial charge in [0, 0.05) is 44.4 Å². The Hall–Kier alpha value is -3.79. The molecule has 3 rings (SSSR count). The predicted molar refractivity (Wildman–Crippen MR) is 123 cm³/mol. The molecule has 1 saturated heterocycles. The zero-order chi connectivity index (χ0) is 25.1. The molecular weight excluding hydrogens is 444 g/mol. The van der Waals surface area contributed by atoms with Crippen molar-refractivity contribution in [1.82, 2.24) is 9.80 Å². The van der Waals surface area contributed by atoms with E-state index in [1.165, 1.54) is 5.56 Å². The van der Waals surface area contributed by atoms with E-state index in [1.807, 2.05) is 54.3 Å². The van der Waals surface area contributed by atoms with Crippen LogP contribution in [0.1, 0.15) is 11.1 Å². The molecule has 0 atom stereocenters. The minimum absolute atomic E-state index is 0.0299. The van der Waals surface area contributed by atoms with Crippen LogP contribution in [0.4, 0.5) is 0 Å².